The molecule has 1 fully saturated rings. The van der Waals surface area contributed by atoms with Crippen LogP contribution in [0.25, 0.3) is 10.9 Å². The number of H-pyrrole nitrogens is 1. The fraction of sp³-hybridized carbons (Fsp3) is 0.467. The maximum atomic E-state index is 5.57. The molecule has 1 aliphatic heterocycles. The predicted molar refractivity (Wildman–Crippen MR) is 73.5 cm³/mol. The molecule has 18 heavy (non-hydrogen) atoms. The number of rotatable bonds is 4. The molecule has 2 N–H and O–H groups in total. The third-order valence-corrected chi connectivity index (χ3v) is 3.89. The Morgan fingerprint density at radius 3 is 3.17 bits per heavy atom. The van der Waals surface area contributed by atoms with Crippen LogP contribution >= 0.6 is 0 Å². The molecule has 1 aromatic heterocycles. The summed E-state index contributed by atoms with van der Waals surface area (Å²) in [5, 5.41) is 4.81. The van der Waals surface area contributed by atoms with E-state index < -0.39 is 0 Å². The first-order valence-corrected chi connectivity index (χ1v) is 6.71. The molecule has 2 unspecified atom stereocenters. The molecule has 1 aliphatic rings. The van der Waals surface area contributed by atoms with E-state index in [2.05, 4.69) is 41.5 Å². The highest BCUT2D eigenvalue weighted by Gasteiger charge is 2.23. The van der Waals surface area contributed by atoms with Crippen molar-refractivity contribution in [1.29, 1.82) is 0 Å². The summed E-state index contributed by atoms with van der Waals surface area (Å²) >= 11 is 0. The van der Waals surface area contributed by atoms with E-state index in [1.165, 1.54) is 22.9 Å². The van der Waals surface area contributed by atoms with Crippen LogP contribution in [0.1, 0.15) is 18.9 Å². The zero-order chi connectivity index (χ0) is 12.4. The standard InChI is InChI=1S/C15H20N2O/c1-11-14(5-7-18-11)10-16-9-12-2-3-13-4-6-17-15(13)8-12/h2-4,6,8,11,14,16-17H,5,7,9-10H2,1H3. The van der Waals surface area contributed by atoms with E-state index >= 15 is 0 Å². The van der Waals surface area contributed by atoms with E-state index in [0.29, 0.717) is 12.0 Å². The largest absolute Gasteiger partial charge is 0.378 e. The molecule has 0 spiro atoms. The van der Waals surface area contributed by atoms with E-state index in [1.54, 1.807) is 0 Å². The molecule has 0 amide bonds. The first kappa shape index (κ1) is 11.8. The fourth-order valence-electron chi connectivity index (χ4n) is 2.65. The van der Waals surface area contributed by atoms with Crippen molar-refractivity contribution in [2.45, 2.75) is 26.0 Å². The van der Waals surface area contributed by atoms with Crippen molar-refractivity contribution < 1.29 is 4.74 Å². The van der Waals surface area contributed by atoms with Gasteiger partial charge in [0.1, 0.15) is 0 Å². The van der Waals surface area contributed by atoms with Crippen molar-refractivity contribution in [2.75, 3.05) is 13.2 Å². The van der Waals surface area contributed by atoms with Gasteiger partial charge in [0.05, 0.1) is 6.10 Å². The number of ether oxygens (including phenoxy) is 1. The Labute approximate surface area is 108 Å². The number of aromatic nitrogens is 1. The Morgan fingerprint density at radius 1 is 1.39 bits per heavy atom. The zero-order valence-electron chi connectivity index (χ0n) is 10.8. The zero-order valence-corrected chi connectivity index (χ0v) is 10.8. The van der Waals surface area contributed by atoms with Crippen molar-refractivity contribution in [2.24, 2.45) is 5.92 Å². The van der Waals surface area contributed by atoms with Crippen molar-refractivity contribution in [1.82, 2.24) is 10.3 Å². The van der Waals surface area contributed by atoms with Gasteiger partial charge in [-0.2, -0.15) is 0 Å². The Bertz CT molecular complexity index is 520. The fourth-order valence-corrected chi connectivity index (χ4v) is 2.65. The Kier molecular flexibility index (Phi) is 3.35. The Hall–Kier alpha value is -1.32. The molecule has 2 aromatic rings. The van der Waals surface area contributed by atoms with Crippen molar-refractivity contribution in [3.8, 4) is 0 Å². The number of fused-ring (bicyclic) bond motifs is 1. The van der Waals surface area contributed by atoms with Crippen LogP contribution in [0.15, 0.2) is 30.5 Å². The van der Waals surface area contributed by atoms with E-state index in [-0.39, 0.29) is 0 Å². The maximum Gasteiger partial charge on any atom is 0.0588 e. The van der Waals surface area contributed by atoms with Crippen LogP contribution in [0.2, 0.25) is 0 Å². The number of hydrogen-bond donors (Lipinski definition) is 2. The summed E-state index contributed by atoms with van der Waals surface area (Å²) in [6.45, 7) is 5.06. The van der Waals surface area contributed by atoms with Gasteiger partial charge in [0.2, 0.25) is 0 Å². The van der Waals surface area contributed by atoms with Crippen LogP contribution in [0.3, 0.4) is 0 Å². The van der Waals surface area contributed by atoms with Gasteiger partial charge >= 0.3 is 0 Å². The lowest BCUT2D eigenvalue weighted by Gasteiger charge is -2.14. The normalized spacial score (nSPS) is 23.8. The van der Waals surface area contributed by atoms with Gasteiger partial charge in [-0.1, -0.05) is 12.1 Å². The second kappa shape index (κ2) is 5.12. The van der Waals surface area contributed by atoms with Gasteiger partial charge in [0.25, 0.3) is 0 Å². The molecule has 0 bridgehead atoms. The highest BCUT2D eigenvalue weighted by atomic mass is 16.5. The topological polar surface area (TPSA) is 37.0 Å². The van der Waals surface area contributed by atoms with Gasteiger partial charge in [-0.15, -0.1) is 0 Å². The average Bonchev–Trinajstić information content (AvgIpc) is 2.98. The molecule has 0 aliphatic carbocycles. The summed E-state index contributed by atoms with van der Waals surface area (Å²) in [7, 11) is 0. The number of hydrogen-bond acceptors (Lipinski definition) is 2. The van der Waals surface area contributed by atoms with Crippen LogP contribution in [-0.2, 0) is 11.3 Å². The van der Waals surface area contributed by atoms with E-state index in [4.69, 9.17) is 4.74 Å². The summed E-state index contributed by atoms with van der Waals surface area (Å²) < 4.78 is 5.57. The van der Waals surface area contributed by atoms with Crippen molar-refractivity contribution >= 4 is 10.9 Å². The summed E-state index contributed by atoms with van der Waals surface area (Å²) in [5.74, 6) is 0.666. The van der Waals surface area contributed by atoms with Gasteiger partial charge in [-0.3, -0.25) is 0 Å². The van der Waals surface area contributed by atoms with Gasteiger partial charge in [0.15, 0.2) is 0 Å². The summed E-state index contributed by atoms with van der Waals surface area (Å²) in [5.41, 5.74) is 2.54. The van der Waals surface area contributed by atoms with Gasteiger partial charge < -0.3 is 15.0 Å². The highest BCUT2D eigenvalue weighted by molar-refractivity contribution is 5.79. The van der Waals surface area contributed by atoms with Gasteiger partial charge in [0, 0.05) is 31.4 Å². The minimum absolute atomic E-state index is 0.406. The lowest BCUT2D eigenvalue weighted by Crippen LogP contribution is -2.26. The molecule has 1 aromatic carbocycles. The highest BCUT2D eigenvalue weighted by Crippen LogP contribution is 2.19. The molecule has 3 nitrogen and oxygen atoms in total. The molecule has 2 heterocycles. The molecular weight excluding hydrogens is 224 g/mol. The lowest BCUT2D eigenvalue weighted by atomic mass is 10.0. The third-order valence-electron chi connectivity index (χ3n) is 3.89. The monoisotopic (exact) mass is 244 g/mol. The maximum absolute atomic E-state index is 5.57. The minimum Gasteiger partial charge on any atom is -0.378 e. The first-order chi connectivity index (χ1) is 8.83. The van der Waals surface area contributed by atoms with E-state index in [1.807, 2.05) is 6.20 Å². The SMILES string of the molecule is CC1OCCC1CNCc1ccc2cc[nH]c2c1. The van der Waals surface area contributed by atoms with Crippen LogP contribution < -0.4 is 5.32 Å². The average molecular weight is 244 g/mol. The quantitative estimate of drug-likeness (QED) is 0.867. The molecular formula is C15H20N2O. The smallest absolute Gasteiger partial charge is 0.0588 e. The van der Waals surface area contributed by atoms with Crippen LogP contribution in [-0.4, -0.2) is 24.2 Å². The second-order valence-corrected chi connectivity index (χ2v) is 5.15. The van der Waals surface area contributed by atoms with Crippen molar-refractivity contribution in [3.05, 3.63) is 36.0 Å². The number of nitrogens with one attached hydrogen (secondary N) is 2. The van der Waals surface area contributed by atoms with Crippen molar-refractivity contribution in [3.63, 3.8) is 0 Å². The lowest BCUT2D eigenvalue weighted by molar-refractivity contribution is 0.105. The number of aromatic amines is 1. The molecule has 1 saturated heterocycles. The minimum atomic E-state index is 0.406. The molecule has 3 heteroatoms. The summed E-state index contributed by atoms with van der Waals surface area (Å²) in [6, 6.07) is 8.68. The summed E-state index contributed by atoms with van der Waals surface area (Å²) in [6.07, 6.45) is 3.58. The molecule has 0 radical (unpaired) electrons. The van der Waals surface area contributed by atoms with Crippen LogP contribution in [0.5, 0.6) is 0 Å². The molecule has 0 saturated carbocycles. The number of benzene rings is 1. The van der Waals surface area contributed by atoms with E-state index in [0.717, 1.165) is 19.7 Å². The first-order valence-electron chi connectivity index (χ1n) is 6.71. The Balaban J connectivity index is 1.56. The molecule has 96 valence electrons. The van der Waals surface area contributed by atoms with Crippen LogP contribution in [0.4, 0.5) is 0 Å². The van der Waals surface area contributed by atoms with Gasteiger partial charge in [-0.05, 0) is 42.3 Å². The van der Waals surface area contributed by atoms with E-state index in [9.17, 15) is 0 Å². The Morgan fingerprint density at radius 2 is 2.33 bits per heavy atom. The summed E-state index contributed by atoms with van der Waals surface area (Å²) in [4.78, 5) is 3.25. The second-order valence-electron chi connectivity index (χ2n) is 5.15. The van der Waals surface area contributed by atoms with Crippen LogP contribution in [0, 0.1) is 5.92 Å². The predicted octanol–water partition coefficient (Wildman–Crippen LogP) is 2.68. The third kappa shape index (κ3) is 2.42. The molecule has 2 atom stereocenters. The van der Waals surface area contributed by atoms with Gasteiger partial charge in [-0.25, -0.2) is 0 Å². The molecule has 3 rings (SSSR count).